The second-order valence-corrected chi connectivity index (χ2v) is 12.5. The van der Waals surface area contributed by atoms with E-state index in [0.29, 0.717) is 37.7 Å². The Kier molecular flexibility index (Phi) is 8.70. The summed E-state index contributed by atoms with van der Waals surface area (Å²) < 4.78 is 1.77. The third-order valence-electron chi connectivity index (χ3n) is 7.28. The second kappa shape index (κ2) is 12.4. The highest BCUT2D eigenvalue weighted by atomic mass is 32.2. The Labute approximate surface area is 252 Å². The molecule has 1 aromatic heterocycles. The van der Waals surface area contributed by atoms with Crippen molar-refractivity contribution in [2.45, 2.75) is 51.0 Å². The predicted octanol–water partition coefficient (Wildman–Crippen LogP) is 7.04. The summed E-state index contributed by atoms with van der Waals surface area (Å²) in [4.78, 5) is 31.0. The van der Waals surface area contributed by atoms with Crippen LogP contribution in [0.5, 0.6) is 0 Å². The van der Waals surface area contributed by atoms with E-state index < -0.39 is 0 Å². The van der Waals surface area contributed by atoms with E-state index in [9.17, 15) is 9.59 Å². The number of aromatic nitrogens is 2. The second-order valence-electron chi connectivity index (χ2n) is 11.6. The molecule has 0 aliphatic carbocycles. The van der Waals surface area contributed by atoms with Crippen LogP contribution in [0.4, 0.5) is 22.0 Å². The summed E-state index contributed by atoms with van der Waals surface area (Å²) in [6.07, 6.45) is 2.52. The number of anilines is 3. The Bertz CT molecular complexity index is 1560. The molecule has 0 atom stereocenters. The van der Waals surface area contributed by atoms with Gasteiger partial charge in [-0.25, -0.2) is 9.48 Å². The minimum atomic E-state index is -0.339. The van der Waals surface area contributed by atoms with Gasteiger partial charge in [0.25, 0.3) is 0 Å². The minimum absolute atomic E-state index is 0.150. The summed E-state index contributed by atoms with van der Waals surface area (Å²) in [5.74, 6) is 0.752. The molecule has 3 amide bonds. The van der Waals surface area contributed by atoms with Gasteiger partial charge in [-0.1, -0.05) is 62.7 Å². The molecule has 3 aromatic carbocycles. The van der Waals surface area contributed by atoms with E-state index >= 15 is 0 Å². The lowest BCUT2D eigenvalue weighted by atomic mass is 9.92. The fourth-order valence-electron chi connectivity index (χ4n) is 4.88. The monoisotopic (exact) mass is 582 g/mol. The highest BCUT2D eigenvalue weighted by Crippen LogP contribution is 2.31. The van der Waals surface area contributed by atoms with Crippen LogP contribution in [-0.2, 0) is 16.8 Å². The number of thioether (sulfide) groups is 1. The van der Waals surface area contributed by atoms with Crippen LogP contribution in [0.25, 0.3) is 5.69 Å². The van der Waals surface area contributed by atoms with Gasteiger partial charge < -0.3 is 5.32 Å². The van der Waals surface area contributed by atoms with E-state index in [-0.39, 0.29) is 17.4 Å². The summed E-state index contributed by atoms with van der Waals surface area (Å²) in [6.45, 7) is 10.3. The van der Waals surface area contributed by atoms with Crippen LogP contribution in [0.2, 0.25) is 0 Å². The molecule has 0 unspecified atom stereocenters. The number of hydrogen-bond acceptors (Lipinski definition) is 5. The molecule has 8 nitrogen and oxygen atoms in total. The first kappa shape index (κ1) is 29.4. The van der Waals surface area contributed by atoms with Gasteiger partial charge in [0.15, 0.2) is 0 Å². The molecule has 4 aromatic rings. The van der Waals surface area contributed by atoms with Crippen LogP contribution in [0.3, 0.4) is 0 Å². The van der Waals surface area contributed by atoms with Crippen molar-refractivity contribution in [3.8, 4) is 5.69 Å². The van der Waals surface area contributed by atoms with Crippen molar-refractivity contribution in [1.82, 2.24) is 14.7 Å². The largest absolute Gasteiger partial charge is 0.324 e. The highest BCUT2D eigenvalue weighted by molar-refractivity contribution is 7.98. The number of aryl methyl sites for hydroxylation is 1. The quantitative estimate of drug-likeness (QED) is 0.229. The normalized spacial score (nSPS) is 14.2. The fourth-order valence-corrected chi connectivity index (χ4v) is 5.48. The number of para-hydroxylation sites is 1. The van der Waals surface area contributed by atoms with Gasteiger partial charge in [0.1, 0.15) is 5.82 Å². The van der Waals surface area contributed by atoms with Crippen LogP contribution in [0, 0.1) is 6.92 Å². The lowest BCUT2D eigenvalue weighted by Gasteiger charge is -2.36. The summed E-state index contributed by atoms with van der Waals surface area (Å²) in [7, 11) is 0. The average molecular weight is 583 g/mol. The van der Waals surface area contributed by atoms with Gasteiger partial charge in [0, 0.05) is 41.6 Å². The number of benzene rings is 3. The van der Waals surface area contributed by atoms with Gasteiger partial charge in [-0.05, 0) is 55.1 Å². The Morgan fingerprint density at radius 2 is 1.69 bits per heavy atom. The minimum Gasteiger partial charge on any atom is -0.308 e. The van der Waals surface area contributed by atoms with Crippen molar-refractivity contribution in [2.24, 2.45) is 0 Å². The highest BCUT2D eigenvalue weighted by Gasteiger charge is 2.26. The number of amides is 3. The van der Waals surface area contributed by atoms with Crippen molar-refractivity contribution in [1.29, 1.82) is 0 Å². The van der Waals surface area contributed by atoms with Crippen molar-refractivity contribution in [3.05, 3.63) is 95.7 Å². The van der Waals surface area contributed by atoms with Gasteiger partial charge in [0.05, 0.1) is 23.7 Å². The number of rotatable bonds is 7. The molecule has 0 bridgehead atoms. The molecule has 9 heteroatoms. The number of carbonyl (C=O) groups is 2. The van der Waals surface area contributed by atoms with Crippen molar-refractivity contribution in [2.75, 3.05) is 35.0 Å². The zero-order valence-electron chi connectivity index (χ0n) is 24.8. The number of hydrogen-bond donors (Lipinski definition) is 2. The molecule has 0 radical (unpaired) electrons. The van der Waals surface area contributed by atoms with E-state index in [1.807, 2.05) is 96.9 Å². The summed E-state index contributed by atoms with van der Waals surface area (Å²) in [5, 5.41) is 10.7. The third kappa shape index (κ3) is 6.86. The summed E-state index contributed by atoms with van der Waals surface area (Å²) in [6, 6.07) is 25.5. The number of nitrogens with zero attached hydrogens (tertiary/aromatic N) is 4. The first-order valence-corrected chi connectivity index (χ1v) is 15.3. The van der Waals surface area contributed by atoms with Crippen molar-refractivity contribution >= 4 is 40.9 Å². The van der Waals surface area contributed by atoms with Crippen LogP contribution in [-0.4, -0.2) is 46.1 Å². The van der Waals surface area contributed by atoms with Gasteiger partial charge in [-0.15, -0.1) is 11.8 Å². The molecule has 1 fully saturated rings. The number of carbonyl (C=O) groups excluding carboxylic acids is 2. The lowest BCUT2D eigenvalue weighted by Crippen LogP contribution is -2.48. The Morgan fingerprint density at radius 1 is 0.976 bits per heavy atom. The van der Waals surface area contributed by atoms with E-state index in [4.69, 9.17) is 5.10 Å². The molecule has 5 rings (SSSR count). The maximum Gasteiger partial charge on any atom is 0.324 e. The number of urea groups is 1. The standard InChI is InChI=1S/C33H38N6O2S/c1-23-10-16-26(17-11-23)39-30(20-29(36-39)33(2,3)4)35-32(41)34-25-14-12-24(13-15-25)21-37-19-18-31(40)38(22-37)27-8-6-7-9-28(27)42-5/h6-17,20H,18-19,21-22H2,1-5H3,(H2,34,35,41). The smallest absolute Gasteiger partial charge is 0.308 e. The first-order valence-electron chi connectivity index (χ1n) is 14.1. The molecule has 1 aliphatic rings. The van der Waals surface area contributed by atoms with E-state index in [1.54, 1.807) is 16.4 Å². The zero-order valence-corrected chi connectivity index (χ0v) is 25.7. The van der Waals surface area contributed by atoms with E-state index in [0.717, 1.165) is 33.1 Å². The average Bonchev–Trinajstić information content (AvgIpc) is 3.40. The maximum atomic E-state index is 13.0. The topological polar surface area (TPSA) is 82.5 Å². The Morgan fingerprint density at radius 3 is 2.38 bits per heavy atom. The third-order valence-corrected chi connectivity index (χ3v) is 8.06. The Balaban J connectivity index is 1.23. The SMILES string of the molecule is CSc1ccccc1N1CN(Cc2ccc(NC(=O)Nc3cc(C(C)(C)C)nn3-c3ccc(C)cc3)cc2)CCC1=O. The zero-order chi connectivity index (χ0) is 29.9. The van der Waals surface area contributed by atoms with Crippen LogP contribution in [0.1, 0.15) is 44.0 Å². The van der Waals surface area contributed by atoms with Gasteiger partial charge >= 0.3 is 6.03 Å². The van der Waals surface area contributed by atoms with Crippen molar-refractivity contribution in [3.63, 3.8) is 0 Å². The molecule has 2 N–H and O–H groups in total. The molecule has 1 saturated heterocycles. The lowest BCUT2D eigenvalue weighted by molar-refractivity contribution is -0.121. The molecule has 2 heterocycles. The Hall–Kier alpha value is -4.08. The van der Waals surface area contributed by atoms with Gasteiger partial charge in [-0.3, -0.25) is 19.9 Å². The summed E-state index contributed by atoms with van der Waals surface area (Å²) >= 11 is 1.65. The van der Waals surface area contributed by atoms with E-state index in [1.165, 1.54) is 0 Å². The van der Waals surface area contributed by atoms with Gasteiger partial charge in [0.2, 0.25) is 5.91 Å². The molecule has 0 saturated carbocycles. The van der Waals surface area contributed by atoms with Crippen molar-refractivity contribution < 1.29 is 9.59 Å². The molecule has 0 spiro atoms. The molecule has 42 heavy (non-hydrogen) atoms. The molecular formula is C33H38N6O2S. The predicted molar refractivity (Wildman–Crippen MR) is 172 cm³/mol. The fraction of sp³-hybridized carbons (Fsp3) is 0.303. The molecular weight excluding hydrogens is 544 g/mol. The van der Waals surface area contributed by atoms with Crippen LogP contribution >= 0.6 is 11.8 Å². The molecule has 1 aliphatic heterocycles. The van der Waals surface area contributed by atoms with Gasteiger partial charge in [-0.2, -0.15) is 5.10 Å². The van der Waals surface area contributed by atoms with Crippen LogP contribution < -0.4 is 15.5 Å². The molecule has 218 valence electrons. The maximum absolute atomic E-state index is 13.0. The number of nitrogens with one attached hydrogen (secondary N) is 2. The first-order chi connectivity index (χ1) is 20.1. The van der Waals surface area contributed by atoms with E-state index in [2.05, 4.69) is 36.3 Å². The summed E-state index contributed by atoms with van der Waals surface area (Å²) in [5.41, 5.74) is 5.52. The van der Waals surface area contributed by atoms with Crippen LogP contribution in [0.15, 0.2) is 83.8 Å².